The Morgan fingerprint density at radius 2 is 1.63 bits per heavy atom. The first-order chi connectivity index (χ1) is 9.22. The molecule has 0 bridgehead atoms. The van der Waals surface area contributed by atoms with Crippen molar-refractivity contribution in [3.63, 3.8) is 0 Å². The van der Waals surface area contributed by atoms with Crippen molar-refractivity contribution in [2.24, 2.45) is 0 Å². The van der Waals surface area contributed by atoms with Gasteiger partial charge in [-0.3, -0.25) is 0 Å². The fraction of sp³-hybridized carbons (Fsp3) is 0.400. The van der Waals surface area contributed by atoms with Gasteiger partial charge in [0.05, 0.1) is 11.3 Å². The van der Waals surface area contributed by atoms with Crippen molar-refractivity contribution in [1.82, 2.24) is 5.32 Å². The molecule has 2 rings (SSSR count). The third kappa shape index (κ3) is 2.24. The molecule has 0 aromatic carbocycles. The van der Waals surface area contributed by atoms with E-state index >= 15 is 0 Å². The number of dihydropyridines is 1. The van der Waals surface area contributed by atoms with Gasteiger partial charge in [-0.2, -0.15) is 15.8 Å². The van der Waals surface area contributed by atoms with E-state index in [0.717, 1.165) is 43.4 Å². The van der Waals surface area contributed by atoms with Crippen molar-refractivity contribution in [1.29, 1.82) is 15.8 Å². The molecule has 0 atom stereocenters. The van der Waals surface area contributed by atoms with Gasteiger partial charge in [0, 0.05) is 5.70 Å². The van der Waals surface area contributed by atoms with Gasteiger partial charge in [0.15, 0.2) is 5.57 Å². The van der Waals surface area contributed by atoms with E-state index in [2.05, 4.69) is 11.4 Å². The second-order valence-corrected chi connectivity index (χ2v) is 4.73. The highest BCUT2D eigenvalue weighted by molar-refractivity contribution is 5.62. The zero-order valence-electron chi connectivity index (χ0n) is 10.9. The van der Waals surface area contributed by atoms with E-state index in [1.165, 1.54) is 5.57 Å². The van der Waals surface area contributed by atoms with Crippen LogP contribution in [-0.4, -0.2) is 0 Å². The zero-order valence-corrected chi connectivity index (χ0v) is 10.9. The molecule has 4 heteroatoms. The highest BCUT2D eigenvalue weighted by Crippen LogP contribution is 2.37. The Kier molecular flexibility index (Phi) is 3.69. The first kappa shape index (κ1) is 12.9. The monoisotopic (exact) mass is 250 g/mol. The van der Waals surface area contributed by atoms with Crippen LogP contribution in [0.2, 0.25) is 0 Å². The van der Waals surface area contributed by atoms with E-state index in [1.54, 1.807) is 0 Å². The maximum atomic E-state index is 9.39. The van der Waals surface area contributed by atoms with Crippen LogP contribution in [0.5, 0.6) is 0 Å². The Labute approximate surface area is 112 Å². The summed E-state index contributed by atoms with van der Waals surface area (Å²) in [7, 11) is 0. The average molecular weight is 250 g/mol. The van der Waals surface area contributed by atoms with Crippen molar-refractivity contribution in [2.45, 2.75) is 39.0 Å². The molecule has 1 heterocycles. The summed E-state index contributed by atoms with van der Waals surface area (Å²) in [4.78, 5) is 0. The van der Waals surface area contributed by atoms with Crippen LogP contribution in [0.15, 0.2) is 33.7 Å². The molecule has 0 amide bonds. The molecule has 1 saturated carbocycles. The third-order valence-corrected chi connectivity index (χ3v) is 3.62. The van der Waals surface area contributed by atoms with Gasteiger partial charge in [-0.25, -0.2) is 0 Å². The number of nitriles is 3. The van der Waals surface area contributed by atoms with Gasteiger partial charge in [-0.1, -0.05) is 6.42 Å². The first-order valence-corrected chi connectivity index (χ1v) is 6.38. The van der Waals surface area contributed by atoms with Gasteiger partial charge < -0.3 is 5.32 Å². The van der Waals surface area contributed by atoms with Gasteiger partial charge in [-0.05, 0) is 43.8 Å². The average Bonchev–Trinajstić information content (AvgIpc) is 2.67. The predicted molar refractivity (Wildman–Crippen MR) is 69.8 cm³/mol. The van der Waals surface area contributed by atoms with Crippen LogP contribution in [-0.2, 0) is 0 Å². The number of rotatable bonds is 0. The molecule has 0 aromatic heterocycles. The molecule has 0 radical (unpaired) electrons. The minimum atomic E-state index is -0.0216. The molecule has 0 saturated heterocycles. The van der Waals surface area contributed by atoms with Crippen LogP contribution in [0.3, 0.4) is 0 Å². The molecule has 2 aliphatic rings. The molecule has 0 spiro atoms. The first-order valence-electron chi connectivity index (χ1n) is 6.38. The molecular weight excluding hydrogens is 236 g/mol. The SMILES string of the molecule is CC1=C2CCCCCC2=C(C#N)C(=C(C#N)C#N)N1. The van der Waals surface area contributed by atoms with Crippen molar-refractivity contribution >= 4 is 0 Å². The molecule has 1 aliphatic heterocycles. The summed E-state index contributed by atoms with van der Waals surface area (Å²) in [5.74, 6) is 0. The highest BCUT2D eigenvalue weighted by atomic mass is 14.9. The van der Waals surface area contributed by atoms with E-state index in [1.807, 2.05) is 19.1 Å². The Morgan fingerprint density at radius 3 is 2.21 bits per heavy atom. The second-order valence-electron chi connectivity index (χ2n) is 4.73. The number of fused-ring (bicyclic) bond motifs is 1. The van der Waals surface area contributed by atoms with E-state index < -0.39 is 0 Å². The predicted octanol–water partition coefficient (Wildman–Crippen LogP) is 2.95. The van der Waals surface area contributed by atoms with Gasteiger partial charge in [-0.15, -0.1) is 0 Å². The van der Waals surface area contributed by atoms with Gasteiger partial charge in [0.25, 0.3) is 0 Å². The Bertz CT molecular complexity index is 611. The van der Waals surface area contributed by atoms with E-state index in [4.69, 9.17) is 10.5 Å². The summed E-state index contributed by atoms with van der Waals surface area (Å²) in [6.45, 7) is 1.95. The van der Waals surface area contributed by atoms with Gasteiger partial charge >= 0.3 is 0 Å². The summed E-state index contributed by atoms with van der Waals surface area (Å²) in [5, 5.41) is 30.5. The lowest BCUT2D eigenvalue weighted by Crippen LogP contribution is -2.22. The quantitative estimate of drug-likeness (QED) is 0.670. The normalized spacial score (nSPS) is 18.5. The summed E-state index contributed by atoms with van der Waals surface area (Å²) < 4.78 is 0. The fourth-order valence-corrected chi connectivity index (χ4v) is 2.70. The fourth-order valence-electron chi connectivity index (χ4n) is 2.70. The maximum Gasteiger partial charge on any atom is 0.154 e. The smallest absolute Gasteiger partial charge is 0.154 e. The van der Waals surface area contributed by atoms with E-state index in [-0.39, 0.29) is 5.57 Å². The summed E-state index contributed by atoms with van der Waals surface area (Å²) in [6.07, 6.45) is 5.14. The minimum absolute atomic E-state index is 0.0216. The third-order valence-electron chi connectivity index (χ3n) is 3.62. The Hall–Kier alpha value is -2.51. The van der Waals surface area contributed by atoms with Crippen molar-refractivity contribution in [3.05, 3.63) is 33.7 Å². The molecule has 4 nitrogen and oxygen atoms in total. The summed E-state index contributed by atoms with van der Waals surface area (Å²) in [5.41, 5.74) is 4.01. The number of nitrogens with one attached hydrogen (secondary N) is 1. The molecule has 19 heavy (non-hydrogen) atoms. The van der Waals surface area contributed by atoms with Crippen molar-refractivity contribution < 1.29 is 0 Å². The van der Waals surface area contributed by atoms with Crippen LogP contribution in [0.25, 0.3) is 0 Å². The minimum Gasteiger partial charge on any atom is -0.356 e. The number of hydrogen-bond donors (Lipinski definition) is 1. The van der Waals surface area contributed by atoms with Gasteiger partial charge in [0.1, 0.15) is 18.2 Å². The zero-order chi connectivity index (χ0) is 13.8. The van der Waals surface area contributed by atoms with Crippen LogP contribution in [0, 0.1) is 34.0 Å². The molecule has 0 aromatic rings. The Morgan fingerprint density at radius 1 is 1.00 bits per heavy atom. The largest absolute Gasteiger partial charge is 0.356 e. The molecule has 0 unspecified atom stereocenters. The standard InChI is InChI=1S/C15H14N4/c1-10-12-5-3-2-4-6-13(12)14(9-18)15(19-10)11(7-16)8-17/h19H,2-6H2,1H3. The number of nitrogens with zero attached hydrogens (tertiary/aromatic N) is 3. The van der Waals surface area contributed by atoms with Crippen LogP contribution >= 0.6 is 0 Å². The summed E-state index contributed by atoms with van der Waals surface area (Å²) in [6, 6.07) is 5.90. The van der Waals surface area contributed by atoms with Crippen LogP contribution < -0.4 is 5.32 Å². The van der Waals surface area contributed by atoms with Crippen molar-refractivity contribution in [2.75, 3.05) is 0 Å². The van der Waals surface area contributed by atoms with Crippen molar-refractivity contribution in [3.8, 4) is 18.2 Å². The maximum absolute atomic E-state index is 9.39. The summed E-state index contributed by atoms with van der Waals surface area (Å²) >= 11 is 0. The van der Waals surface area contributed by atoms with Gasteiger partial charge in [0.2, 0.25) is 0 Å². The second kappa shape index (κ2) is 5.42. The van der Waals surface area contributed by atoms with Crippen LogP contribution in [0.1, 0.15) is 39.0 Å². The number of allylic oxidation sites excluding steroid dienone is 5. The molecule has 1 N–H and O–H groups in total. The molecule has 1 fully saturated rings. The van der Waals surface area contributed by atoms with E-state index in [9.17, 15) is 5.26 Å². The lowest BCUT2D eigenvalue weighted by molar-refractivity contribution is 0.718. The Balaban J connectivity index is 2.67. The number of hydrogen-bond acceptors (Lipinski definition) is 4. The molecular formula is C15H14N4. The highest BCUT2D eigenvalue weighted by Gasteiger charge is 2.26. The lowest BCUT2D eigenvalue weighted by atomic mass is 9.88. The lowest BCUT2D eigenvalue weighted by Gasteiger charge is -2.24. The molecule has 94 valence electrons. The topological polar surface area (TPSA) is 83.4 Å². The molecule has 1 aliphatic carbocycles. The van der Waals surface area contributed by atoms with Crippen LogP contribution in [0.4, 0.5) is 0 Å². The van der Waals surface area contributed by atoms with E-state index in [0.29, 0.717) is 11.3 Å².